The molecule has 13 heavy (non-hydrogen) atoms. The molecule has 0 atom stereocenters. The molecule has 0 saturated carbocycles. The van der Waals surface area contributed by atoms with Crippen molar-refractivity contribution in [3.63, 3.8) is 0 Å². The fraction of sp³-hybridized carbons (Fsp3) is 1.00. The fourth-order valence-electron chi connectivity index (χ4n) is 0.516. The van der Waals surface area contributed by atoms with E-state index in [1.807, 2.05) is 6.92 Å². The molecular weight excluding hydrogens is 194 g/mol. The van der Waals surface area contributed by atoms with Crippen LogP contribution >= 0.6 is 0 Å². The third-order valence-corrected chi connectivity index (χ3v) is 1.94. The van der Waals surface area contributed by atoms with E-state index < -0.39 is 16.0 Å². The van der Waals surface area contributed by atoms with Crippen LogP contribution in [0.3, 0.4) is 0 Å². The summed E-state index contributed by atoms with van der Waals surface area (Å²) in [5.41, 5.74) is -0.730. The summed E-state index contributed by atoms with van der Waals surface area (Å²) >= 11 is 0. The molecule has 0 saturated heterocycles. The van der Waals surface area contributed by atoms with Crippen molar-refractivity contribution >= 4 is 10.4 Å². The fourth-order valence-corrected chi connectivity index (χ4v) is 1.55. The van der Waals surface area contributed by atoms with E-state index in [2.05, 4.69) is 8.37 Å². The van der Waals surface area contributed by atoms with E-state index in [1.54, 1.807) is 20.8 Å². The maximum absolute atomic E-state index is 11.0. The zero-order valence-corrected chi connectivity index (χ0v) is 9.48. The van der Waals surface area contributed by atoms with E-state index in [9.17, 15) is 8.42 Å². The Balaban J connectivity index is 0. The van der Waals surface area contributed by atoms with Crippen molar-refractivity contribution in [1.82, 2.24) is 6.15 Å². The average molecular weight is 213 g/mol. The minimum atomic E-state index is -3.80. The van der Waals surface area contributed by atoms with E-state index >= 15 is 0 Å². The van der Waals surface area contributed by atoms with E-state index in [0.29, 0.717) is 6.42 Å². The highest BCUT2D eigenvalue weighted by atomic mass is 32.3. The minimum Gasteiger partial charge on any atom is -0.344 e. The van der Waals surface area contributed by atoms with Gasteiger partial charge in [0.25, 0.3) is 0 Å². The van der Waals surface area contributed by atoms with E-state index in [4.69, 9.17) is 0 Å². The van der Waals surface area contributed by atoms with Crippen molar-refractivity contribution in [2.45, 2.75) is 39.7 Å². The maximum atomic E-state index is 11.0. The van der Waals surface area contributed by atoms with Crippen molar-refractivity contribution < 1.29 is 16.8 Å². The summed E-state index contributed by atoms with van der Waals surface area (Å²) in [5.74, 6) is 0. The molecule has 0 fully saturated rings. The lowest BCUT2D eigenvalue weighted by Gasteiger charge is -2.17. The SMILES string of the molecule is CCCOS(=O)(=O)OC(C)(C)C.N. The molecule has 0 radical (unpaired) electrons. The summed E-state index contributed by atoms with van der Waals surface area (Å²) in [4.78, 5) is 0. The van der Waals surface area contributed by atoms with E-state index in [-0.39, 0.29) is 12.8 Å². The van der Waals surface area contributed by atoms with Gasteiger partial charge in [0.2, 0.25) is 0 Å². The summed E-state index contributed by atoms with van der Waals surface area (Å²) in [7, 11) is -3.80. The van der Waals surface area contributed by atoms with E-state index in [0.717, 1.165) is 0 Å². The molecule has 0 aromatic carbocycles. The van der Waals surface area contributed by atoms with Crippen LogP contribution in [0.4, 0.5) is 0 Å². The molecule has 0 aliphatic carbocycles. The van der Waals surface area contributed by atoms with Gasteiger partial charge in [0.05, 0.1) is 12.2 Å². The van der Waals surface area contributed by atoms with Gasteiger partial charge in [-0.25, -0.2) is 8.37 Å². The van der Waals surface area contributed by atoms with Gasteiger partial charge in [0, 0.05) is 0 Å². The second-order valence-corrected chi connectivity index (χ2v) is 4.64. The van der Waals surface area contributed by atoms with Gasteiger partial charge in [0.1, 0.15) is 0 Å². The van der Waals surface area contributed by atoms with Crippen molar-refractivity contribution in [2.75, 3.05) is 6.61 Å². The van der Waals surface area contributed by atoms with Crippen molar-refractivity contribution in [3.8, 4) is 0 Å². The highest BCUT2D eigenvalue weighted by molar-refractivity contribution is 7.81. The largest absolute Gasteiger partial charge is 0.400 e. The Bertz CT molecular complexity index is 217. The van der Waals surface area contributed by atoms with E-state index in [1.165, 1.54) is 0 Å². The Hall–Kier alpha value is -0.170. The lowest BCUT2D eigenvalue weighted by molar-refractivity contribution is 0.103. The van der Waals surface area contributed by atoms with Gasteiger partial charge >= 0.3 is 10.4 Å². The zero-order valence-electron chi connectivity index (χ0n) is 8.66. The molecule has 6 heteroatoms. The van der Waals surface area contributed by atoms with Gasteiger partial charge in [-0.3, -0.25) is 0 Å². The molecule has 82 valence electrons. The summed E-state index contributed by atoms with van der Waals surface area (Å²) in [6.45, 7) is 6.95. The Labute approximate surface area is 80.3 Å². The minimum absolute atomic E-state index is 0. The molecule has 0 aliphatic heterocycles. The molecule has 0 heterocycles. The van der Waals surface area contributed by atoms with Crippen LogP contribution in [0, 0.1) is 0 Å². The van der Waals surface area contributed by atoms with Crippen LogP contribution in [0.2, 0.25) is 0 Å². The third-order valence-electron chi connectivity index (χ3n) is 0.784. The molecule has 3 N–H and O–H groups in total. The predicted molar refractivity (Wildman–Crippen MR) is 51.0 cm³/mol. The predicted octanol–water partition coefficient (Wildman–Crippen LogP) is 1.63. The standard InChI is InChI=1S/C7H16O4S.H3N/c1-5-6-10-12(8,9)11-7(2,3)4;/h5-6H2,1-4H3;1H3. The lowest BCUT2D eigenvalue weighted by Crippen LogP contribution is -2.25. The molecule has 0 spiro atoms. The molecular formula is C7H19NO4S. The number of rotatable bonds is 4. The molecule has 0 rings (SSSR count). The molecule has 0 aromatic rings. The quantitative estimate of drug-likeness (QED) is 0.766. The van der Waals surface area contributed by atoms with Gasteiger partial charge in [-0.2, -0.15) is 8.42 Å². The Morgan fingerprint density at radius 1 is 1.23 bits per heavy atom. The van der Waals surface area contributed by atoms with Crippen molar-refractivity contribution in [3.05, 3.63) is 0 Å². The molecule has 0 unspecified atom stereocenters. The van der Waals surface area contributed by atoms with Crippen molar-refractivity contribution in [2.24, 2.45) is 0 Å². The molecule has 0 bridgehead atoms. The van der Waals surface area contributed by atoms with Crippen LogP contribution in [-0.4, -0.2) is 20.6 Å². The zero-order chi connectivity index (χ0) is 9.83. The molecule has 0 aliphatic rings. The van der Waals surface area contributed by atoms with Crippen molar-refractivity contribution in [1.29, 1.82) is 0 Å². The van der Waals surface area contributed by atoms with Gasteiger partial charge in [-0.05, 0) is 27.2 Å². The first-order valence-corrected chi connectivity index (χ1v) is 5.20. The van der Waals surface area contributed by atoms with Crippen LogP contribution < -0.4 is 6.15 Å². The monoisotopic (exact) mass is 213 g/mol. The number of hydrogen-bond donors (Lipinski definition) is 1. The summed E-state index contributed by atoms with van der Waals surface area (Å²) in [5, 5.41) is 0. The average Bonchev–Trinajstić information content (AvgIpc) is 1.78. The van der Waals surface area contributed by atoms with Crippen LogP contribution in [0.25, 0.3) is 0 Å². The summed E-state index contributed by atoms with van der Waals surface area (Å²) < 4.78 is 31.1. The first kappa shape index (κ1) is 15.3. The second kappa shape index (κ2) is 5.54. The van der Waals surface area contributed by atoms with Gasteiger partial charge in [-0.15, -0.1) is 0 Å². The molecule has 0 amide bonds. The normalized spacial score (nSPS) is 12.3. The van der Waals surface area contributed by atoms with Crippen LogP contribution in [0.15, 0.2) is 0 Å². The first-order valence-electron chi connectivity index (χ1n) is 3.87. The highest BCUT2D eigenvalue weighted by Crippen LogP contribution is 2.12. The van der Waals surface area contributed by atoms with Crippen LogP contribution in [-0.2, 0) is 18.8 Å². The third kappa shape index (κ3) is 9.75. The second-order valence-electron chi connectivity index (χ2n) is 3.43. The topological polar surface area (TPSA) is 87.6 Å². The van der Waals surface area contributed by atoms with Gasteiger partial charge in [-0.1, -0.05) is 6.92 Å². The van der Waals surface area contributed by atoms with Crippen LogP contribution in [0.1, 0.15) is 34.1 Å². The smallest absolute Gasteiger partial charge is 0.344 e. The Kier molecular flexibility index (Phi) is 6.52. The first-order chi connectivity index (χ1) is 5.27. The number of hydrogen-bond acceptors (Lipinski definition) is 5. The highest BCUT2D eigenvalue weighted by Gasteiger charge is 2.22. The Morgan fingerprint density at radius 2 is 1.69 bits per heavy atom. The Morgan fingerprint density at radius 3 is 2.00 bits per heavy atom. The summed E-state index contributed by atoms with van der Waals surface area (Å²) in [6.07, 6.45) is 0.646. The maximum Gasteiger partial charge on any atom is 0.400 e. The van der Waals surface area contributed by atoms with Gasteiger partial charge < -0.3 is 6.15 Å². The van der Waals surface area contributed by atoms with Crippen LogP contribution in [0.5, 0.6) is 0 Å². The summed E-state index contributed by atoms with van der Waals surface area (Å²) in [6, 6.07) is 0. The molecule has 0 aromatic heterocycles. The lowest BCUT2D eigenvalue weighted by atomic mass is 10.2. The molecule has 5 nitrogen and oxygen atoms in total. The van der Waals surface area contributed by atoms with Gasteiger partial charge in [0.15, 0.2) is 0 Å².